The van der Waals surface area contributed by atoms with E-state index in [1.54, 1.807) is 19.2 Å². The molecule has 0 aliphatic rings. The van der Waals surface area contributed by atoms with Gasteiger partial charge < -0.3 is 9.67 Å². The summed E-state index contributed by atoms with van der Waals surface area (Å²) in [5, 5.41) is 9.72. The molecular weight excluding hydrogens is 267 g/mol. The lowest BCUT2D eigenvalue weighted by molar-refractivity contribution is -0.136. The van der Waals surface area contributed by atoms with Gasteiger partial charge in [0.2, 0.25) is 0 Å². The second kappa shape index (κ2) is 5.13. The Labute approximate surface area is 115 Å². The van der Waals surface area contributed by atoms with Crippen LogP contribution in [0.5, 0.6) is 0 Å². The third-order valence-electron chi connectivity index (χ3n) is 3.31. The van der Waals surface area contributed by atoms with E-state index in [1.165, 1.54) is 6.07 Å². The number of nitrogens with zero attached hydrogens (tertiary/aromatic N) is 1. The van der Waals surface area contributed by atoms with Crippen molar-refractivity contribution in [2.75, 3.05) is 0 Å². The zero-order valence-electron chi connectivity index (χ0n) is 11.7. The Balaban J connectivity index is 2.77. The minimum absolute atomic E-state index is 0.0590. The lowest BCUT2D eigenvalue weighted by Gasteiger charge is -2.12. The first kappa shape index (κ1) is 14.9. The molecule has 1 unspecified atom stereocenters. The first-order valence-electron chi connectivity index (χ1n) is 6.59. The summed E-state index contributed by atoms with van der Waals surface area (Å²) in [6.45, 7) is 5.42. The molecule has 2 rings (SSSR count). The second-order valence-corrected chi connectivity index (χ2v) is 5.41. The molecule has 1 heterocycles. The van der Waals surface area contributed by atoms with Gasteiger partial charge in [-0.15, -0.1) is 0 Å². The number of alkyl halides is 3. The van der Waals surface area contributed by atoms with Crippen LogP contribution in [-0.4, -0.2) is 15.8 Å². The van der Waals surface area contributed by atoms with Gasteiger partial charge in [0.1, 0.15) is 0 Å². The zero-order valence-corrected chi connectivity index (χ0v) is 11.7. The van der Waals surface area contributed by atoms with Crippen molar-refractivity contribution >= 4 is 10.9 Å². The Morgan fingerprint density at radius 2 is 1.85 bits per heavy atom. The molecule has 0 aliphatic heterocycles. The molecule has 0 saturated carbocycles. The highest BCUT2D eigenvalue weighted by Gasteiger charge is 2.34. The largest absolute Gasteiger partial charge is 0.417 e. The third kappa shape index (κ3) is 2.68. The van der Waals surface area contributed by atoms with Crippen LogP contribution in [0.1, 0.15) is 37.9 Å². The fourth-order valence-corrected chi connectivity index (χ4v) is 2.53. The minimum Gasteiger partial charge on any atom is -0.393 e. The fraction of sp³-hybridized carbons (Fsp3) is 0.467. The highest BCUT2D eigenvalue weighted by atomic mass is 19.4. The van der Waals surface area contributed by atoms with Crippen LogP contribution in [0.2, 0.25) is 0 Å². The van der Waals surface area contributed by atoms with E-state index in [1.807, 2.05) is 18.4 Å². The Morgan fingerprint density at radius 1 is 1.20 bits per heavy atom. The van der Waals surface area contributed by atoms with E-state index >= 15 is 0 Å². The predicted octanol–water partition coefficient (Wildman–Crippen LogP) is 4.16. The van der Waals surface area contributed by atoms with Gasteiger partial charge in [-0.05, 0) is 38.5 Å². The van der Waals surface area contributed by atoms with Crippen molar-refractivity contribution in [3.05, 3.63) is 35.5 Å². The van der Waals surface area contributed by atoms with Crippen LogP contribution in [0.15, 0.2) is 24.4 Å². The van der Waals surface area contributed by atoms with Crippen molar-refractivity contribution in [2.45, 2.75) is 45.5 Å². The number of aliphatic hydroxyl groups excluding tert-OH is 1. The standard InChI is InChI=1S/C15H18F3NO/c1-9(2)19-8-11(7-10(3)20)14-12(15(16,17)18)5-4-6-13(14)19/h4-6,8-10,20H,7H2,1-3H3. The number of hydrogen-bond acceptors (Lipinski definition) is 1. The van der Waals surface area contributed by atoms with Gasteiger partial charge >= 0.3 is 6.18 Å². The molecule has 20 heavy (non-hydrogen) atoms. The monoisotopic (exact) mass is 285 g/mol. The van der Waals surface area contributed by atoms with Crippen molar-refractivity contribution in [3.63, 3.8) is 0 Å². The van der Waals surface area contributed by atoms with E-state index in [-0.39, 0.29) is 17.8 Å². The topological polar surface area (TPSA) is 25.2 Å². The summed E-state index contributed by atoms with van der Waals surface area (Å²) in [5.41, 5.74) is 0.465. The predicted molar refractivity (Wildman–Crippen MR) is 72.7 cm³/mol. The van der Waals surface area contributed by atoms with Crippen LogP contribution in [-0.2, 0) is 12.6 Å². The van der Waals surface area contributed by atoms with Crippen LogP contribution in [0.4, 0.5) is 13.2 Å². The summed E-state index contributed by atoms with van der Waals surface area (Å²) in [7, 11) is 0. The van der Waals surface area contributed by atoms with Gasteiger partial charge in [-0.3, -0.25) is 0 Å². The number of halogens is 3. The van der Waals surface area contributed by atoms with E-state index in [4.69, 9.17) is 0 Å². The molecule has 1 aromatic heterocycles. The lowest BCUT2D eigenvalue weighted by Crippen LogP contribution is -2.08. The van der Waals surface area contributed by atoms with Crippen molar-refractivity contribution in [2.24, 2.45) is 0 Å². The molecule has 1 N–H and O–H groups in total. The highest BCUT2D eigenvalue weighted by molar-refractivity contribution is 5.88. The minimum atomic E-state index is -4.39. The van der Waals surface area contributed by atoms with Gasteiger partial charge in [-0.2, -0.15) is 13.2 Å². The normalized spacial score (nSPS) is 14.2. The fourth-order valence-electron chi connectivity index (χ4n) is 2.53. The van der Waals surface area contributed by atoms with E-state index in [0.717, 1.165) is 6.07 Å². The summed E-state index contributed by atoms with van der Waals surface area (Å²) < 4.78 is 41.3. The number of hydrogen-bond donors (Lipinski definition) is 1. The average Bonchev–Trinajstić information content (AvgIpc) is 2.66. The lowest BCUT2D eigenvalue weighted by atomic mass is 10.0. The highest BCUT2D eigenvalue weighted by Crippen LogP contribution is 2.38. The van der Waals surface area contributed by atoms with Gasteiger partial charge in [-0.25, -0.2) is 0 Å². The van der Waals surface area contributed by atoms with Crippen molar-refractivity contribution in [3.8, 4) is 0 Å². The van der Waals surface area contributed by atoms with Gasteiger partial charge in [0.05, 0.1) is 11.7 Å². The molecule has 110 valence electrons. The molecular formula is C15H18F3NO. The maximum Gasteiger partial charge on any atom is 0.417 e. The molecule has 2 aromatic rings. The van der Waals surface area contributed by atoms with Crippen LogP contribution < -0.4 is 0 Å². The SMILES string of the molecule is CC(O)Cc1cn(C(C)C)c2cccc(C(F)(F)F)c12. The smallest absolute Gasteiger partial charge is 0.393 e. The summed E-state index contributed by atoms with van der Waals surface area (Å²) >= 11 is 0. The molecule has 0 saturated heterocycles. The molecule has 5 heteroatoms. The molecule has 0 bridgehead atoms. The Bertz CT molecular complexity index is 611. The van der Waals surface area contributed by atoms with Crippen LogP contribution in [0.25, 0.3) is 10.9 Å². The summed E-state index contributed by atoms with van der Waals surface area (Å²) in [5.74, 6) is 0. The Morgan fingerprint density at radius 3 is 2.35 bits per heavy atom. The third-order valence-corrected chi connectivity index (χ3v) is 3.31. The maximum absolute atomic E-state index is 13.2. The molecule has 0 amide bonds. The molecule has 1 aromatic carbocycles. The first-order chi connectivity index (χ1) is 9.21. The molecule has 1 atom stereocenters. The zero-order chi connectivity index (χ0) is 15.1. The van der Waals surface area contributed by atoms with E-state index in [9.17, 15) is 18.3 Å². The number of aliphatic hydroxyl groups is 1. The molecule has 0 radical (unpaired) electrons. The van der Waals surface area contributed by atoms with Crippen molar-refractivity contribution in [1.29, 1.82) is 0 Å². The maximum atomic E-state index is 13.2. The molecule has 0 fully saturated rings. The van der Waals surface area contributed by atoms with Gasteiger partial charge in [-0.1, -0.05) is 6.07 Å². The summed E-state index contributed by atoms with van der Waals surface area (Å²) in [6.07, 6.45) is -3.14. The number of benzene rings is 1. The number of rotatable bonds is 3. The van der Waals surface area contributed by atoms with Crippen LogP contribution in [0, 0.1) is 0 Å². The van der Waals surface area contributed by atoms with Crippen molar-refractivity contribution < 1.29 is 18.3 Å². The van der Waals surface area contributed by atoms with Gasteiger partial charge in [0, 0.05) is 29.6 Å². The van der Waals surface area contributed by atoms with Crippen molar-refractivity contribution in [1.82, 2.24) is 4.57 Å². The average molecular weight is 285 g/mol. The number of aromatic nitrogens is 1. The van der Waals surface area contributed by atoms with Gasteiger partial charge in [0.25, 0.3) is 0 Å². The second-order valence-electron chi connectivity index (χ2n) is 5.41. The van der Waals surface area contributed by atoms with E-state index in [2.05, 4.69) is 0 Å². The van der Waals surface area contributed by atoms with E-state index in [0.29, 0.717) is 11.1 Å². The quantitative estimate of drug-likeness (QED) is 0.899. The van der Waals surface area contributed by atoms with E-state index < -0.39 is 17.8 Å². The molecule has 0 aliphatic carbocycles. The first-order valence-corrected chi connectivity index (χ1v) is 6.59. The summed E-state index contributed by atoms with van der Waals surface area (Å²) in [4.78, 5) is 0. The van der Waals surface area contributed by atoms with Crippen LogP contribution in [0.3, 0.4) is 0 Å². The summed E-state index contributed by atoms with van der Waals surface area (Å²) in [6, 6.07) is 4.27. The Hall–Kier alpha value is -1.49. The molecule has 2 nitrogen and oxygen atoms in total. The number of fused-ring (bicyclic) bond motifs is 1. The van der Waals surface area contributed by atoms with Gasteiger partial charge in [0.15, 0.2) is 0 Å². The van der Waals surface area contributed by atoms with Crippen LogP contribution >= 0.6 is 0 Å². The Kier molecular flexibility index (Phi) is 3.82. The molecule has 0 spiro atoms.